The number of ether oxygens (including phenoxy) is 1. The van der Waals surface area contributed by atoms with Gasteiger partial charge in [0.1, 0.15) is 0 Å². The Bertz CT molecular complexity index is 542. The SMILES string of the molecule is COC(=O)c1cccc(NC(=O)C(N)CC(=O)O)c1C. The molecule has 0 fully saturated rings. The van der Waals surface area contributed by atoms with Gasteiger partial charge >= 0.3 is 11.9 Å². The summed E-state index contributed by atoms with van der Waals surface area (Å²) in [5.41, 5.74) is 6.68. The van der Waals surface area contributed by atoms with E-state index in [2.05, 4.69) is 10.1 Å². The van der Waals surface area contributed by atoms with Crippen LogP contribution in [0.15, 0.2) is 18.2 Å². The van der Waals surface area contributed by atoms with E-state index in [9.17, 15) is 14.4 Å². The molecule has 7 heteroatoms. The minimum absolute atomic E-state index is 0.317. The first-order valence-electron chi connectivity index (χ1n) is 5.83. The van der Waals surface area contributed by atoms with Gasteiger partial charge in [0.25, 0.3) is 0 Å². The molecule has 0 heterocycles. The molecule has 108 valence electrons. The molecule has 0 spiro atoms. The van der Waals surface area contributed by atoms with Gasteiger partial charge in [-0.15, -0.1) is 0 Å². The maximum Gasteiger partial charge on any atom is 0.338 e. The zero-order chi connectivity index (χ0) is 15.3. The lowest BCUT2D eigenvalue weighted by atomic mass is 10.1. The smallest absolute Gasteiger partial charge is 0.338 e. The van der Waals surface area contributed by atoms with Gasteiger partial charge in [-0.3, -0.25) is 9.59 Å². The van der Waals surface area contributed by atoms with Gasteiger partial charge in [0, 0.05) is 5.69 Å². The molecule has 0 aliphatic rings. The fourth-order valence-electron chi connectivity index (χ4n) is 1.61. The van der Waals surface area contributed by atoms with Crippen LogP contribution in [-0.4, -0.2) is 36.1 Å². The first kappa shape index (κ1) is 15.6. The molecule has 0 saturated carbocycles. The predicted molar refractivity (Wildman–Crippen MR) is 71.4 cm³/mol. The van der Waals surface area contributed by atoms with Crippen molar-refractivity contribution in [2.75, 3.05) is 12.4 Å². The molecular formula is C13H16N2O5. The van der Waals surface area contributed by atoms with Gasteiger partial charge in [-0.2, -0.15) is 0 Å². The number of amides is 1. The van der Waals surface area contributed by atoms with Crippen molar-refractivity contribution in [1.29, 1.82) is 0 Å². The van der Waals surface area contributed by atoms with E-state index in [4.69, 9.17) is 10.8 Å². The molecule has 4 N–H and O–H groups in total. The second kappa shape index (κ2) is 6.67. The van der Waals surface area contributed by atoms with Crippen molar-refractivity contribution in [3.63, 3.8) is 0 Å². The summed E-state index contributed by atoms with van der Waals surface area (Å²) in [6.07, 6.45) is -0.471. The van der Waals surface area contributed by atoms with Crippen molar-refractivity contribution in [2.24, 2.45) is 5.73 Å². The maximum atomic E-state index is 11.7. The lowest BCUT2D eigenvalue weighted by Gasteiger charge is -2.14. The zero-order valence-corrected chi connectivity index (χ0v) is 11.2. The molecule has 0 aromatic heterocycles. The van der Waals surface area contributed by atoms with Crippen molar-refractivity contribution >= 4 is 23.5 Å². The minimum atomic E-state index is -1.16. The average molecular weight is 280 g/mol. The highest BCUT2D eigenvalue weighted by Crippen LogP contribution is 2.19. The number of hydrogen-bond acceptors (Lipinski definition) is 5. The van der Waals surface area contributed by atoms with E-state index in [1.54, 1.807) is 25.1 Å². The number of rotatable bonds is 5. The summed E-state index contributed by atoms with van der Waals surface area (Å²) in [6.45, 7) is 1.64. The lowest BCUT2D eigenvalue weighted by molar-refractivity contribution is -0.138. The van der Waals surface area contributed by atoms with Gasteiger partial charge in [0.2, 0.25) is 5.91 Å². The predicted octanol–water partition coefficient (Wildman–Crippen LogP) is 0.522. The Morgan fingerprint density at radius 3 is 2.60 bits per heavy atom. The van der Waals surface area contributed by atoms with E-state index < -0.39 is 30.3 Å². The molecule has 0 bridgehead atoms. The van der Waals surface area contributed by atoms with Gasteiger partial charge < -0.3 is 20.9 Å². The van der Waals surface area contributed by atoms with Crippen LogP contribution < -0.4 is 11.1 Å². The van der Waals surface area contributed by atoms with E-state index in [-0.39, 0.29) is 0 Å². The molecule has 20 heavy (non-hydrogen) atoms. The lowest BCUT2D eigenvalue weighted by Crippen LogP contribution is -2.37. The molecule has 1 aromatic carbocycles. The van der Waals surface area contributed by atoms with Crippen LogP contribution in [0.1, 0.15) is 22.3 Å². The number of carbonyl (C=O) groups is 3. The molecule has 7 nitrogen and oxygen atoms in total. The summed E-state index contributed by atoms with van der Waals surface area (Å²) in [5, 5.41) is 11.1. The average Bonchev–Trinajstić information content (AvgIpc) is 2.39. The topological polar surface area (TPSA) is 119 Å². The standard InChI is InChI=1S/C13H16N2O5/c1-7-8(13(19)20-2)4-3-5-10(7)15-12(18)9(14)6-11(16)17/h3-5,9H,6,14H2,1-2H3,(H,15,18)(H,16,17). The third-order valence-electron chi connectivity index (χ3n) is 2.73. The highest BCUT2D eigenvalue weighted by Gasteiger charge is 2.19. The van der Waals surface area contributed by atoms with E-state index in [1.807, 2.05) is 0 Å². The number of methoxy groups -OCH3 is 1. The molecule has 0 aliphatic heterocycles. The molecule has 1 amide bonds. The highest BCUT2D eigenvalue weighted by atomic mass is 16.5. The largest absolute Gasteiger partial charge is 0.481 e. The van der Waals surface area contributed by atoms with E-state index in [0.29, 0.717) is 16.8 Å². The van der Waals surface area contributed by atoms with Gasteiger partial charge in [-0.25, -0.2) is 4.79 Å². The van der Waals surface area contributed by atoms with Crippen molar-refractivity contribution < 1.29 is 24.2 Å². The van der Waals surface area contributed by atoms with E-state index in [1.165, 1.54) is 7.11 Å². The Labute approximate surface area is 115 Å². The summed E-state index contributed by atoms with van der Waals surface area (Å²) < 4.78 is 4.62. The number of anilines is 1. The van der Waals surface area contributed by atoms with Gasteiger partial charge in [0.15, 0.2) is 0 Å². The Balaban J connectivity index is 2.90. The fourth-order valence-corrected chi connectivity index (χ4v) is 1.61. The number of aliphatic carboxylic acids is 1. The summed E-state index contributed by atoms with van der Waals surface area (Å²) in [7, 11) is 1.26. The highest BCUT2D eigenvalue weighted by molar-refractivity contribution is 5.99. The number of carboxylic acids is 1. The van der Waals surface area contributed by atoms with Crippen LogP contribution in [0.4, 0.5) is 5.69 Å². The molecule has 0 radical (unpaired) electrons. The minimum Gasteiger partial charge on any atom is -0.481 e. The fraction of sp³-hybridized carbons (Fsp3) is 0.308. The van der Waals surface area contributed by atoms with Crippen molar-refractivity contribution in [1.82, 2.24) is 0 Å². The molecule has 1 unspecified atom stereocenters. The summed E-state index contributed by atoms with van der Waals surface area (Å²) >= 11 is 0. The molecule has 1 aromatic rings. The number of esters is 1. The second-order valence-electron chi connectivity index (χ2n) is 4.16. The monoisotopic (exact) mass is 280 g/mol. The number of carbonyl (C=O) groups excluding carboxylic acids is 2. The molecule has 0 saturated heterocycles. The quantitative estimate of drug-likeness (QED) is 0.677. The summed E-state index contributed by atoms with van der Waals surface area (Å²) in [5.74, 6) is -2.31. The summed E-state index contributed by atoms with van der Waals surface area (Å²) in [4.78, 5) is 33.7. The first-order valence-corrected chi connectivity index (χ1v) is 5.83. The van der Waals surface area contributed by atoms with E-state index >= 15 is 0 Å². The number of hydrogen-bond donors (Lipinski definition) is 3. The Hall–Kier alpha value is -2.41. The third-order valence-corrected chi connectivity index (χ3v) is 2.73. The van der Waals surface area contributed by atoms with Gasteiger partial charge in [0.05, 0.1) is 25.1 Å². The molecular weight excluding hydrogens is 264 g/mol. The van der Waals surface area contributed by atoms with Crippen molar-refractivity contribution in [2.45, 2.75) is 19.4 Å². The molecule has 1 rings (SSSR count). The number of carboxylic acid groups (broad SMARTS) is 1. The molecule has 0 aliphatic carbocycles. The van der Waals surface area contributed by atoms with Crippen molar-refractivity contribution in [3.8, 4) is 0 Å². The Kier molecular flexibility index (Phi) is 5.22. The second-order valence-corrected chi connectivity index (χ2v) is 4.16. The zero-order valence-electron chi connectivity index (χ0n) is 11.2. The third kappa shape index (κ3) is 3.79. The summed E-state index contributed by atoms with van der Waals surface area (Å²) in [6, 6.07) is 3.58. The number of benzene rings is 1. The number of nitrogens with one attached hydrogen (secondary N) is 1. The van der Waals surface area contributed by atoms with Crippen LogP contribution in [0, 0.1) is 6.92 Å². The van der Waals surface area contributed by atoms with Crippen LogP contribution >= 0.6 is 0 Å². The molecule has 1 atom stereocenters. The Morgan fingerprint density at radius 1 is 1.40 bits per heavy atom. The van der Waals surface area contributed by atoms with Crippen LogP contribution in [-0.2, 0) is 14.3 Å². The van der Waals surface area contributed by atoms with E-state index in [0.717, 1.165) is 0 Å². The van der Waals surface area contributed by atoms with Crippen LogP contribution in [0.25, 0.3) is 0 Å². The van der Waals surface area contributed by atoms with Crippen LogP contribution in [0.2, 0.25) is 0 Å². The van der Waals surface area contributed by atoms with Crippen LogP contribution in [0.3, 0.4) is 0 Å². The normalized spacial score (nSPS) is 11.6. The maximum absolute atomic E-state index is 11.7. The first-order chi connectivity index (χ1) is 9.36. The van der Waals surface area contributed by atoms with Gasteiger partial charge in [-0.05, 0) is 24.6 Å². The van der Waals surface area contributed by atoms with Crippen molar-refractivity contribution in [3.05, 3.63) is 29.3 Å². The Morgan fingerprint density at radius 2 is 2.05 bits per heavy atom. The van der Waals surface area contributed by atoms with Gasteiger partial charge in [-0.1, -0.05) is 6.07 Å². The van der Waals surface area contributed by atoms with Crippen LogP contribution in [0.5, 0.6) is 0 Å². The number of nitrogens with two attached hydrogens (primary N) is 1.